The summed E-state index contributed by atoms with van der Waals surface area (Å²) in [6.07, 6.45) is 0. The highest BCUT2D eigenvalue weighted by Crippen LogP contribution is 2.22. The number of hydrogen-bond acceptors (Lipinski definition) is 3. The van der Waals surface area contributed by atoms with Crippen molar-refractivity contribution < 1.29 is 4.39 Å². The van der Waals surface area contributed by atoms with Gasteiger partial charge in [-0.2, -0.15) is 5.26 Å². The highest BCUT2D eigenvalue weighted by molar-refractivity contribution is 5.61. The number of benzene rings is 1. The van der Waals surface area contributed by atoms with Crippen LogP contribution in [-0.4, -0.2) is 4.98 Å². The lowest BCUT2D eigenvalue weighted by Crippen LogP contribution is -1.99. The average Bonchev–Trinajstić information content (AvgIpc) is 2.34. The first-order valence-corrected chi connectivity index (χ1v) is 5.51. The number of pyridine rings is 1. The Labute approximate surface area is 105 Å². The Morgan fingerprint density at radius 2 is 2.06 bits per heavy atom. The molecule has 2 aromatic rings. The molecule has 18 heavy (non-hydrogen) atoms. The molecule has 1 aromatic carbocycles. The van der Waals surface area contributed by atoms with Gasteiger partial charge in [0, 0.05) is 16.9 Å². The van der Waals surface area contributed by atoms with Gasteiger partial charge in [-0.05, 0) is 38.1 Å². The molecule has 1 aromatic heterocycles. The molecule has 0 unspecified atom stereocenters. The van der Waals surface area contributed by atoms with E-state index < -0.39 is 0 Å². The molecule has 0 saturated carbocycles. The molecule has 0 aliphatic carbocycles. The summed E-state index contributed by atoms with van der Waals surface area (Å²) in [5.74, 6) is 0.272. The van der Waals surface area contributed by atoms with E-state index in [1.165, 1.54) is 6.07 Å². The van der Waals surface area contributed by atoms with Crippen LogP contribution in [0.15, 0.2) is 30.3 Å². The third kappa shape index (κ3) is 2.46. The minimum Gasteiger partial charge on any atom is -0.340 e. The Hall–Kier alpha value is -2.41. The van der Waals surface area contributed by atoms with E-state index in [1.807, 2.05) is 6.92 Å². The SMILES string of the molecule is Cc1cc(C#N)cc(Nc2cccc(F)c2C)n1. The lowest BCUT2D eigenvalue weighted by molar-refractivity contribution is 0.619. The first kappa shape index (κ1) is 12.1. The van der Waals surface area contributed by atoms with E-state index in [4.69, 9.17) is 5.26 Å². The van der Waals surface area contributed by atoms with Gasteiger partial charge in [0.1, 0.15) is 11.6 Å². The van der Waals surface area contributed by atoms with Gasteiger partial charge in [0.25, 0.3) is 0 Å². The Balaban J connectivity index is 2.37. The number of nitriles is 1. The molecule has 4 heteroatoms. The summed E-state index contributed by atoms with van der Waals surface area (Å²) in [6, 6.07) is 10.2. The maximum atomic E-state index is 13.4. The van der Waals surface area contributed by atoms with Crippen LogP contribution >= 0.6 is 0 Å². The zero-order valence-electron chi connectivity index (χ0n) is 10.2. The fraction of sp³-hybridized carbons (Fsp3) is 0.143. The number of aromatic nitrogens is 1. The summed E-state index contributed by atoms with van der Waals surface area (Å²) in [5.41, 5.74) is 2.45. The number of rotatable bonds is 2. The Morgan fingerprint density at radius 3 is 2.78 bits per heavy atom. The van der Waals surface area contributed by atoms with Gasteiger partial charge >= 0.3 is 0 Å². The second kappa shape index (κ2) is 4.84. The van der Waals surface area contributed by atoms with Crippen LogP contribution in [0.3, 0.4) is 0 Å². The minimum atomic E-state index is -0.270. The summed E-state index contributed by atoms with van der Waals surface area (Å²) in [6.45, 7) is 3.50. The van der Waals surface area contributed by atoms with Gasteiger partial charge in [0.2, 0.25) is 0 Å². The summed E-state index contributed by atoms with van der Waals surface area (Å²) in [4.78, 5) is 4.26. The van der Waals surface area contributed by atoms with Crippen LogP contribution in [-0.2, 0) is 0 Å². The molecule has 1 N–H and O–H groups in total. The van der Waals surface area contributed by atoms with Crippen LogP contribution in [0.4, 0.5) is 15.9 Å². The highest BCUT2D eigenvalue weighted by Gasteiger charge is 2.05. The molecule has 0 amide bonds. The van der Waals surface area contributed by atoms with Crippen molar-refractivity contribution in [1.82, 2.24) is 4.98 Å². The number of anilines is 2. The van der Waals surface area contributed by atoms with Crippen molar-refractivity contribution in [2.45, 2.75) is 13.8 Å². The Bertz CT molecular complexity index is 629. The third-order valence-corrected chi connectivity index (χ3v) is 2.61. The number of hydrogen-bond donors (Lipinski definition) is 1. The molecule has 0 saturated heterocycles. The fourth-order valence-electron chi connectivity index (χ4n) is 1.68. The van der Waals surface area contributed by atoms with Crippen molar-refractivity contribution in [2.24, 2.45) is 0 Å². The second-order valence-corrected chi connectivity index (χ2v) is 4.03. The molecular weight excluding hydrogens is 229 g/mol. The first-order valence-electron chi connectivity index (χ1n) is 5.51. The van der Waals surface area contributed by atoms with E-state index in [1.54, 1.807) is 31.2 Å². The van der Waals surface area contributed by atoms with Gasteiger partial charge in [-0.15, -0.1) is 0 Å². The molecule has 90 valence electrons. The average molecular weight is 241 g/mol. The molecule has 0 spiro atoms. The number of halogens is 1. The summed E-state index contributed by atoms with van der Waals surface area (Å²) in [5, 5.41) is 11.9. The van der Waals surface area contributed by atoms with Gasteiger partial charge in [0.15, 0.2) is 0 Å². The molecule has 0 bridgehead atoms. The van der Waals surface area contributed by atoms with Gasteiger partial charge in [-0.1, -0.05) is 6.07 Å². The van der Waals surface area contributed by atoms with Gasteiger partial charge in [0.05, 0.1) is 11.6 Å². The zero-order chi connectivity index (χ0) is 13.1. The maximum Gasteiger partial charge on any atom is 0.131 e. The van der Waals surface area contributed by atoms with E-state index in [-0.39, 0.29) is 5.82 Å². The quantitative estimate of drug-likeness (QED) is 0.876. The first-order chi connectivity index (χ1) is 8.60. The smallest absolute Gasteiger partial charge is 0.131 e. The lowest BCUT2D eigenvalue weighted by atomic mass is 10.2. The summed E-state index contributed by atoms with van der Waals surface area (Å²) < 4.78 is 13.4. The van der Waals surface area contributed by atoms with Crippen LogP contribution in [0.25, 0.3) is 0 Å². The van der Waals surface area contributed by atoms with E-state index in [9.17, 15) is 4.39 Å². The number of nitrogens with one attached hydrogen (secondary N) is 1. The predicted molar refractivity (Wildman–Crippen MR) is 68.1 cm³/mol. The van der Waals surface area contributed by atoms with Crippen LogP contribution in [0.5, 0.6) is 0 Å². The molecule has 0 fully saturated rings. The minimum absolute atomic E-state index is 0.270. The molecular formula is C14H12FN3. The third-order valence-electron chi connectivity index (χ3n) is 2.61. The van der Waals surface area contributed by atoms with Crippen LogP contribution in [0.1, 0.15) is 16.8 Å². The molecule has 1 heterocycles. The molecule has 2 rings (SSSR count). The van der Waals surface area contributed by atoms with E-state index in [2.05, 4.69) is 16.4 Å². The van der Waals surface area contributed by atoms with Crippen molar-refractivity contribution in [2.75, 3.05) is 5.32 Å². The van der Waals surface area contributed by atoms with Crippen molar-refractivity contribution in [3.05, 3.63) is 53.0 Å². The van der Waals surface area contributed by atoms with E-state index in [0.717, 1.165) is 5.69 Å². The number of aryl methyl sites for hydroxylation is 1. The number of nitrogens with zero attached hydrogens (tertiary/aromatic N) is 2. The zero-order valence-corrected chi connectivity index (χ0v) is 10.2. The summed E-state index contributed by atoms with van der Waals surface area (Å²) in [7, 11) is 0. The largest absolute Gasteiger partial charge is 0.340 e. The summed E-state index contributed by atoms with van der Waals surface area (Å²) >= 11 is 0. The highest BCUT2D eigenvalue weighted by atomic mass is 19.1. The van der Waals surface area contributed by atoms with Crippen molar-refractivity contribution in [3.63, 3.8) is 0 Å². The van der Waals surface area contributed by atoms with Gasteiger partial charge < -0.3 is 5.32 Å². The van der Waals surface area contributed by atoms with Crippen LogP contribution in [0.2, 0.25) is 0 Å². The van der Waals surface area contributed by atoms with Crippen molar-refractivity contribution >= 4 is 11.5 Å². The standard InChI is InChI=1S/C14H12FN3/c1-9-6-11(8-16)7-14(17-9)18-13-5-3-4-12(15)10(13)2/h3-7H,1-2H3,(H,17,18). The van der Waals surface area contributed by atoms with Gasteiger partial charge in [-0.25, -0.2) is 9.37 Å². The molecule has 0 radical (unpaired) electrons. The van der Waals surface area contributed by atoms with E-state index >= 15 is 0 Å². The van der Waals surface area contributed by atoms with Crippen molar-refractivity contribution in [3.8, 4) is 6.07 Å². The Morgan fingerprint density at radius 1 is 1.28 bits per heavy atom. The monoisotopic (exact) mass is 241 g/mol. The van der Waals surface area contributed by atoms with Crippen molar-refractivity contribution in [1.29, 1.82) is 5.26 Å². The van der Waals surface area contributed by atoms with Crippen LogP contribution in [0, 0.1) is 31.0 Å². The maximum absolute atomic E-state index is 13.4. The molecule has 0 aliphatic heterocycles. The van der Waals surface area contributed by atoms with Gasteiger partial charge in [-0.3, -0.25) is 0 Å². The predicted octanol–water partition coefficient (Wildman–Crippen LogP) is 3.45. The topological polar surface area (TPSA) is 48.7 Å². The van der Waals surface area contributed by atoms with Crippen LogP contribution < -0.4 is 5.32 Å². The van der Waals surface area contributed by atoms with E-state index in [0.29, 0.717) is 22.6 Å². The normalized spacial score (nSPS) is 9.89. The molecule has 0 aliphatic rings. The second-order valence-electron chi connectivity index (χ2n) is 4.03. The fourth-order valence-corrected chi connectivity index (χ4v) is 1.68. The Kier molecular flexibility index (Phi) is 3.24. The molecule has 3 nitrogen and oxygen atoms in total. The lowest BCUT2D eigenvalue weighted by Gasteiger charge is -2.10. The molecule has 0 atom stereocenters.